The van der Waals surface area contributed by atoms with Gasteiger partial charge in [0.25, 0.3) is 5.52 Å². The van der Waals surface area contributed by atoms with Crippen molar-refractivity contribution < 1.29 is 18.8 Å². The Bertz CT molecular complexity index is 450. The zero-order valence-electron chi connectivity index (χ0n) is 9.63. The molecule has 92 valence electrons. The normalized spacial score (nSPS) is 14.0. The highest BCUT2D eigenvalue weighted by Gasteiger charge is 2.31. The fourth-order valence-corrected chi connectivity index (χ4v) is 2.12. The van der Waals surface area contributed by atoms with E-state index >= 15 is 0 Å². The van der Waals surface area contributed by atoms with Crippen LogP contribution in [-0.4, -0.2) is 17.0 Å². The molecule has 0 spiro atoms. The van der Waals surface area contributed by atoms with Gasteiger partial charge < -0.3 is 9.42 Å². The molecule has 0 saturated heterocycles. The van der Waals surface area contributed by atoms with Crippen LogP contribution in [0.1, 0.15) is 22.3 Å². The van der Waals surface area contributed by atoms with E-state index < -0.39 is 13.1 Å². The molecular formula is C12H15O4P. The number of aryl methyl sites for hydroxylation is 1. The molecule has 0 aliphatic heterocycles. The van der Waals surface area contributed by atoms with Gasteiger partial charge in [0.15, 0.2) is 0 Å². The first-order chi connectivity index (χ1) is 7.97. The maximum Gasteiger partial charge on any atom is 0.399 e. The summed E-state index contributed by atoms with van der Waals surface area (Å²) < 4.78 is 16.3. The molecule has 17 heavy (non-hydrogen) atoms. The Labute approximate surface area is 100 Å². The average Bonchev–Trinajstić information content (AvgIpc) is 2.29. The minimum atomic E-state index is -4.24. The molecule has 0 aromatic heterocycles. The van der Waals surface area contributed by atoms with E-state index in [-0.39, 0.29) is 12.2 Å². The predicted octanol–water partition coefficient (Wildman–Crippen LogP) is 2.91. The Morgan fingerprint density at radius 1 is 1.47 bits per heavy atom. The second kappa shape index (κ2) is 5.92. The monoisotopic (exact) mass is 254 g/mol. The Kier molecular flexibility index (Phi) is 4.82. The minimum Gasteiger partial charge on any atom is -0.319 e. The highest BCUT2D eigenvalue weighted by atomic mass is 31.2. The maximum atomic E-state index is 11.7. The van der Waals surface area contributed by atoms with Crippen molar-refractivity contribution >= 4 is 13.1 Å². The number of rotatable bonds is 6. The zero-order chi connectivity index (χ0) is 12.9. The van der Waals surface area contributed by atoms with E-state index in [2.05, 4.69) is 6.58 Å². The predicted molar refractivity (Wildman–Crippen MR) is 66.1 cm³/mol. The molecule has 1 aromatic rings. The van der Waals surface area contributed by atoms with Crippen molar-refractivity contribution in [2.75, 3.05) is 6.61 Å². The van der Waals surface area contributed by atoms with Gasteiger partial charge in [-0.1, -0.05) is 35.9 Å². The third-order valence-electron chi connectivity index (χ3n) is 2.14. The van der Waals surface area contributed by atoms with Gasteiger partial charge in [0.05, 0.1) is 6.61 Å². The van der Waals surface area contributed by atoms with Gasteiger partial charge in [-0.15, -0.1) is 6.58 Å². The summed E-state index contributed by atoms with van der Waals surface area (Å²) in [6.07, 6.45) is 1.97. The van der Waals surface area contributed by atoms with Crippen LogP contribution in [-0.2, 0) is 9.09 Å². The summed E-state index contributed by atoms with van der Waals surface area (Å²) in [5.41, 5.74) is 0.281. The second-order valence-corrected chi connectivity index (χ2v) is 5.31. The Hall–Kier alpha value is -1.22. The van der Waals surface area contributed by atoms with Crippen molar-refractivity contribution in [3.05, 3.63) is 48.0 Å². The van der Waals surface area contributed by atoms with Crippen LogP contribution in [0.2, 0.25) is 0 Å². The summed E-state index contributed by atoms with van der Waals surface area (Å²) in [6.45, 7) is 5.33. The lowest BCUT2D eigenvalue weighted by molar-refractivity contribution is 0.102. The van der Waals surface area contributed by atoms with Crippen LogP contribution >= 0.6 is 7.60 Å². The number of benzene rings is 1. The quantitative estimate of drug-likeness (QED) is 0.481. The fraction of sp³-hybridized carbons (Fsp3) is 0.250. The topological polar surface area (TPSA) is 63.6 Å². The van der Waals surface area contributed by atoms with E-state index in [1.165, 1.54) is 12.1 Å². The second-order valence-electron chi connectivity index (χ2n) is 3.60. The van der Waals surface area contributed by atoms with Crippen molar-refractivity contribution in [3.63, 3.8) is 0 Å². The van der Waals surface area contributed by atoms with Gasteiger partial charge in [0.2, 0.25) is 0 Å². The van der Waals surface area contributed by atoms with Gasteiger partial charge in [0, 0.05) is 5.56 Å². The Morgan fingerprint density at radius 2 is 2.06 bits per heavy atom. The molecule has 0 amide bonds. The van der Waals surface area contributed by atoms with Crippen molar-refractivity contribution in [1.82, 2.24) is 0 Å². The third-order valence-corrected chi connectivity index (χ3v) is 3.45. The molecule has 0 aliphatic carbocycles. The largest absolute Gasteiger partial charge is 0.399 e. The van der Waals surface area contributed by atoms with Crippen molar-refractivity contribution in [1.29, 1.82) is 0 Å². The van der Waals surface area contributed by atoms with Gasteiger partial charge in [-0.3, -0.25) is 9.36 Å². The van der Waals surface area contributed by atoms with Gasteiger partial charge in [-0.2, -0.15) is 0 Å². The summed E-state index contributed by atoms with van der Waals surface area (Å²) in [7, 11) is -4.24. The molecular weight excluding hydrogens is 239 g/mol. The number of hydrogen-bond donors (Lipinski definition) is 1. The standard InChI is InChI=1S/C12H15O4P/c1-3-4-9-16-17(14,15)12(13)11-7-5-10(2)6-8-11/h3,5-8H,1,4,9H2,2H3,(H,14,15). The van der Waals surface area contributed by atoms with Crippen LogP contribution in [0.4, 0.5) is 0 Å². The van der Waals surface area contributed by atoms with Crippen LogP contribution in [0.5, 0.6) is 0 Å². The van der Waals surface area contributed by atoms with Crippen LogP contribution in [0.3, 0.4) is 0 Å². The molecule has 1 N–H and O–H groups in total. The van der Waals surface area contributed by atoms with Gasteiger partial charge in [-0.25, -0.2) is 0 Å². The number of carbonyl (C=O) groups excluding carboxylic acids is 1. The molecule has 1 atom stereocenters. The highest BCUT2D eigenvalue weighted by Crippen LogP contribution is 2.45. The maximum absolute atomic E-state index is 11.7. The highest BCUT2D eigenvalue weighted by molar-refractivity contribution is 7.71. The van der Waals surface area contributed by atoms with Crippen LogP contribution < -0.4 is 0 Å². The molecule has 0 aliphatic rings. The molecule has 1 unspecified atom stereocenters. The first-order valence-corrected chi connectivity index (χ1v) is 6.75. The molecule has 0 heterocycles. The minimum absolute atomic E-state index is 0.00881. The molecule has 1 rings (SSSR count). The van der Waals surface area contributed by atoms with E-state index in [9.17, 15) is 14.3 Å². The van der Waals surface area contributed by atoms with Gasteiger partial charge in [-0.05, 0) is 13.3 Å². The molecule has 1 aromatic carbocycles. The van der Waals surface area contributed by atoms with Crippen molar-refractivity contribution in [2.24, 2.45) is 0 Å². The van der Waals surface area contributed by atoms with E-state index in [1.807, 2.05) is 6.92 Å². The summed E-state index contributed by atoms with van der Waals surface area (Å²) in [5, 5.41) is 0. The summed E-state index contributed by atoms with van der Waals surface area (Å²) in [5.74, 6) is 0. The fourth-order valence-electron chi connectivity index (χ4n) is 1.18. The van der Waals surface area contributed by atoms with Crippen LogP contribution in [0, 0.1) is 6.92 Å². The Balaban J connectivity index is 2.77. The van der Waals surface area contributed by atoms with Crippen molar-refractivity contribution in [3.8, 4) is 0 Å². The summed E-state index contributed by atoms with van der Waals surface area (Å²) >= 11 is 0. The molecule has 0 fully saturated rings. The third kappa shape index (κ3) is 3.93. The van der Waals surface area contributed by atoms with E-state index in [0.29, 0.717) is 6.42 Å². The molecule has 0 saturated carbocycles. The summed E-state index contributed by atoms with van der Waals surface area (Å²) in [4.78, 5) is 21.2. The SMILES string of the molecule is C=CCCOP(=O)(O)C(=O)c1ccc(C)cc1. The molecule has 0 bridgehead atoms. The lowest BCUT2D eigenvalue weighted by Gasteiger charge is -2.10. The molecule has 4 nitrogen and oxygen atoms in total. The average molecular weight is 254 g/mol. The lowest BCUT2D eigenvalue weighted by atomic mass is 10.2. The zero-order valence-corrected chi connectivity index (χ0v) is 10.5. The van der Waals surface area contributed by atoms with Crippen LogP contribution in [0.25, 0.3) is 0 Å². The van der Waals surface area contributed by atoms with E-state index in [1.54, 1.807) is 18.2 Å². The van der Waals surface area contributed by atoms with E-state index in [0.717, 1.165) is 5.56 Å². The van der Waals surface area contributed by atoms with Crippen LogP contribution in [0.15, 0.2) is 36.9 Å². The smallest absolute Gasteiger partial charge is 0.319 e. The summed E-state index contributed by atoms with van der Waals surface area (Å²) in [6, 6.07) is 6.43. The first kappa shape index (κ1) is 13.8. The molecule has 0 radical (unpaired) electrons. The van der Waals surface area contributed by atoms with Gasteiger partial charge in [0.1, 0.15) is 0 Å². The van der Waals surface area contributed by atoms with Crippen molar-refractivity contribution in [2.45, 2.75) is 13.3 Å². The van der Waals surface area contributed by atoms with E-state index in [4.69, 9.17) is 4.52 Å². The van der Waals surface area contributed by atoms with Gasteiger partial charge >= 0.3 is 7.60 Å². The first-order valence-electron chi connectivity index (χ1n) is 5.17. The number of hydrogen-bond acceptors (Lipinski definition) is 3. The number of carbonyl (C=O) groups is 1. The Morgan fingerprint density at radius 3 is 2.59 bits per heavy atom. The lowest BCUT2D eigenvalue weighted by Crippen LogP contribution is -2.04. The molecule has 5 heteroatoms.